The number of nitrogens with zero attached hydrogens (tertiary/aromatic N) is 3. The van der Waals surface area contributed by atoms with E-state index in [1.807, 2.05) is 0 Å². The van der Waals surface area contributed by atoms with Crippen molar-refractivity contribution in [2.24, 2.45) is 13.0 Å². The van der Waals surface area contributed by atoms with Gasteiger partial charge in [-0.2, -0.15) is 5.10 Å². The minimum Gasteiger partial charge on any atom is -0.346 e. The first kappa shape index (κ1) is 19.0. The molecule has 1 saturated carbocycles. The van der Waals surface area contributed by atoms with Gasteiger partial charge >= 0.3 is 0 Å². The summed E-state index contributed by atoms with van der Waals surface area (Å²) >= 11 is 6.16. The second-order valence-electron chi connectivity index (χ2n) is 6.16. The molecule has 1 fully saturated rings. The van der Waals surface area contributed by atoms with Crippen LogP contribution in [0.2, 0.25) is 5.02 Å². The van der Waals surface area contributed by atoms with Crippen LogP contribution in [0.3, 0.4) is 0 Å². The summed E-state index contributed by atoms with van der Waals surface area (Å²) in [4.78, 5) is 16.3. The maximum absolute atomic E-state index is 12.9. The van der Waals surface area contributed by atoms with Crippen molar-refractivity contribution in [1.82, 2.24) is 20.1 Å². The number of hydrogen-bond donors (Lipinski definition) is 2. The summed E-state index contributed by atoms with van der Waals surface area (Å²) in [5, 5.41) is 14.3. The molecule has 1 amide bonds. The van der Waals surface area contributed by atoms with Crippen LogP contribution in [0.15, 0.2) is 18.5 Å². The van der Waals surface area contributed by atoms with Crippen LogP contribution in [-0.2, 0) is 7.05 Å². The molecule has 0 atom stereocenters. The minimum atomic E-state index is -2.87. The van der Waals surface area contributed by atoms with Crippen molar-refractivity contribution in [2.45, 2.75) is 19.3 Å². The molecule has 27 heavy (non-hydrogen) atoms. The highest BCUT2D eigenvalue weighted by Gasteiger charge is 2.23. The summed E-state index contributed by atoms with van der Waals surface area (Å²) in [6.45, 7) is -0.212. The Morgan fingerprint density at radius 1 is 1.52 bits per heavy atom. The number of rotatable bonds is 5. The van der Waals surface area contributed by atoms with Gasteiger partial charge in [-0.1, -0.05) is 23.4 Å². The first-order chi connectivity index (χ1) is 12.8. The van der Waals surface area contributed by atoms with Gasteiger partial charge in [0.15, 0.2) is 0 Å². The van der Waals surface area contributed by atoms with Gasteiger partial charge in [-0.15, -0.1) is 0 Å². The van der Waals surface area contributed by atoms with Crippen LogP contribution < -0.4 is 5.32 Å². The largest absolute Gasteiger partial charge is 0.346 e. The second kappa shape index (κ2) is 7.84. The second-order valence-corrected chi connectivity index (χ2v) is 6.57. The lowest BCUT2D eigenvalue weighted by Gasteiger charge is -2.08. The molecule has 1 aliphatic carbocycles. The molecule has 2 aromatic heterocycles. The fraction of sp³-hybridized carbons (Fsp3) is 0.333. The average molecular weight is 392 g/mol. The van der Waals surface area contributed by atoms with Crippen molar-refractivity contribution in [1.29, 1.82) is 5.41 Å². The summed E-state index contributed by atoms with van der Waals surface area (Å²) in [6, 6.07) is 1.62. The quantitative estimate of drug-likeness (QED) is 0.607. The Balaban J connectivity index is 1.65. The number of pyridine rings is 1. The van der Waals surface area contributed by atoms with E-state index in [-0.39, 0.29) is 28.5 Å². The van der Waals surface area contributed by atoms with E-state index < -0.39 is 18.0 Å². The van der Waals surface area contributed by atoms with Crippen molar-refractivity contribution in [3.05, 3.63) is 46.0 Å². The van der Waals surface area contributed by atoms with Crippen molar-refractivity contribution in [2.75, 3.05) is 6.54 Å². The highest BCUT2D eigenvalue weighted by Crippen LogP contribution is 2.27. The number of carbonyl (C=O) groups is 1. The molecule has 0 spiro atoms. The molecule has 0 bridgehead atoms. The van der Waals surface area contributed by atoms with Gasteiger partial charge in [0, 0.05) is 30.9 Å². The standard InChI is InChI=1S/C18H16ClF2N5O/c1-26-9-12(15(25-26)17(20)21)18(27)24-8-14(22)16-13(19)6-11(7-23-16)5-4-10-2-3-10/h6-7,9-10,17,22H,2-3,8H2,1H3,(H,24,27). The number of aromatic nitrogens is 3. The zero-order chi connectivity index (χ0) is 19.6. The summed E-state index contributed by atoms with van der Waals surface area (Å²) in [6.07, 6.45) is 2.08. The summed E-state index contributed by atoms with van der Waals surface area (Å²) < 4.78 is 27.0. The molecule has 9 heteroatoms. The predicted octanol–water partition coefficient (Wildman–Crippen LogP) is 2.97. The number of aryl methyl sites for hydroxylation is 1. The molecule has 2 N–H and O–H groups in total. The van der Waals surface area contributed by atoms with E-state index in [4.69, 9.17) is 17.0 Å². The Morgan fingerprint density at radius 2 is 2.26 bits per heavy atom. The molecule has 0 radical (unpaired) electrons. The van der Waals surface area contributed by atoms with Crippen LogP contribution >= 0.6 is 11.6 Å². The Hall–Kier alpha value is -2.79. The van der Waals surface area contributed by atoms with Gasteiger partial charge in [0.1, 0.15) is 11.4 Å². The number of alkyl halides is 2. The molecule has 0 aromatic carbocycles. The van der Waals surface area contributed by atoms with E-state index in [9.17, 15) is 13.6 Å². The summed E-state index contributed by atoms with van der Waals surface area (Å²) in [5.41, 5.74) is -0.0162. The van der Waals surface area contributed by atoms with Gasteiger partial charge in [-0.05, 0) is 18.9 Å². The first-order valence-corrected chi connectivity index (χ1v) is 8.57. The van der Waals surface area contributed by atoms with Gasteiger partial charge in [0.2, 0.25) is 0 Å². The third kappa shape index (κ3) is 4.68. The molecule has 2 heterocycles. The minimum absolute atomic E-state index is 0.0439. The van der Waals surface area contributed by atoms with E-state index >= 15 is 0 Å². The molecule has 3 rings (SSSR count). The lowest BCUT2D eigenvalue weighted by molar-refractivity contribution is 0.0944. The number of carbonyl (C=O) groups excluding carboxylic acids is 1. The fourth-order valence-corrected chi connectivity index (χ4v) is 2.61. The molecule has 6 nitrogen and oxygen atoms in total. The smallest absolute Gasteiger partial charge is 0.282 e. The van der Waals surface area contributed by atoms with Crippen LogP contribution in [0.1, 0.15) is 46.6 Å². The molecule has 1 aliphatic rings. The maximum atomic E-state index is 12.9. The molecule has 140 valence electrons. The number of nitrogens with one attached hydrogen (secondary N) is 2. The topological polar surface area (TPSA) is 83.7 Å². The maximum Gasteiger partial charge on any atom is 0.282 e. The Labute approximate surface area is 159 Å². The van der Waals surface area contributed by atoms with Gasteiger partial charge in [-0.3, -0.25) is 14.5 Å². The van der Waals surface area contributed by atoms with Gasteiger partial charge in [0.25, 0.3) is 12.3 Å². The van der Waals surface area contributed by atoms with E-state index in [2.05, 4.69) is 27.2 Å². The zero-order valence-corrected chi connectivity index (χ0v) is 15.1. The Morgan fingerprint density at radius 3 is 2.89 bits per heavy atom. The van der Waals surface area contributed by atoms with Crippen LogP contribution in [0.25, 0.3) is 0 Å². The lowest BCUT2D eigenvalue weighted by Crippen LogP contribution is -2.30. The van der Waals surface area contributed by atoms with E-state index in [0.29, 0.717) is 11.5 Å². The van der Waals surface area contributed by atoms with E-state index in [1.54, 1.807) is 6.07 Å². The van der Waals surface area contributed by atoms with Gasteiger partial charge in [0.05, 0.1) is 22.8 Å². The van der Waals surface area contributed by atoms with Crippen molar-refractivity contribution in [3.8, 4) is 11.8 Å². The van der Waals surface area contributed by atoms with Gasteiger partial charge in [-0.25, -0.2) is 8.78 Å². The number of amides is 1. The third-order valence-corrected chi connectivity index (χ3v) is 4.15. The molecular weight excluding hydrogens is 376 g/mol. The summed E-state index contributed by atoms with van der Waals surface area (Å²) in [7, 11) is 1.45. The Kier molecular flexibility index (Phi) is 5.51. The van der Waals surface area contributed by atoms with E-state index in [1.165, 1.54) is 19.4 Å². The van der Waals surface area contributed by atoms with Crippen molar-refractivity contribution < 1.29 is 13.6 Å². The molecular formula is C18H16ClF2N5O. The zero-order valence-electron chi connectivity index (χ0n) is 14.4. The molecule has 0 unspecified atom stereocenters. The molecule has 2 aromatic rings. The van der Waals surface area contributed by atoms with Crippen molar-refractivity contribution in [3.63, 3.8) is 0 Å². The molecule has 0 saturated heterocycles. The first-order valence-electron chi connectivity index (χ1n) is 8.20. The third-order valence-electron chi connectivity index (χ3n) is 3.86. The van der Waals surface area contributed by atoms with Crippen LogP contribution in [0.5, 0.6) is 0 Å². The predicted molar refractivity (Wildman–Crippen MR) is 96.2 cm³/mol. The van der Waals surface area contributed by atoms with Crippen LogP contribution in [0, 0.1) is 23.2 Å². The SMILES string of the molecule is Cn1cc(C(=O)NCC(=N)c2ncc(C#CC3CC3)cc2Cl)c(C(F)F)n1. The Bertz CT molecular complexity index is 956. The van der Waals surface area contributed by atoms with E-state index in [0.717, 1.165) is 17.5 Å². The van der Waals surface area contributed by atoms with Gasteiger partial charge < -0.3 is 10.7 Å². The highest BCUT2D eigenvalue weighted by molar-refractivity contribution is 6.34. The number of hydrogen-bond acceptors (Lipinski definition) is 4. The fourth-order valence-electron chi connectivity index (χ4n) is 2.33. The van der Waals surface area contributed by atoms with Crippen LogP contribution in [-0.4, -0.2) is 32.9 Å². The molecule has 0 aliphatic heterocycles. The van der Waals surface area contributed by atoms with Crippen molar-refractivity contribution >= 4 is 23.2 Å². The normalized spacial score (nSPS) is 13.2. The highest BCUT2D eigenvalue weighted by atomic mass is 35.5. The van der Waals surface area contributed by atoms with Crippen LogP contribution in [0.4, 0.5) is 8.78 Å². The average Bonchev–Trinajstić information content (AvgIpc) is 3.37. The monoisotopic (exact) mass is 391 g/mol. The summed E-state index contributed by atoms with van der Waals surface area (Å²) in [5.74, 6) is 5.78. The number of halogens is 3. The lowest BCUT2D eigenvalue weighted by atomic mass is 10.2.